The Morgan fingerprint density at radius 3 is 2.56 bits per heavy atom. The summed E-state index contributed by atoms with van der Waals surface area (Å²) in [5.74, 6) is 4.32. The zero-order valence-electron chi connectivity index (χ0n) is 8.57. The molecule has 1 aromatic carbocycles. The minimum Gasteiger partial charge on any atom is -0.454 e. The topological polar surface area (TPSA) is 18.5 Å². The van der Waals surface area contributed by atoms with Gasteiger partial charge in [0, 0.05) is 3.57 Å². The Kier molecular flexibility index (Phi) is 3.44. The number of rotatable bonds is 1. The summed E-state index contributed by atoms with van der Waals surface area (Å²) in [6, 6.07) is 4.24. The molecule has 86 valence electrons. The van der Waals surface area contributed by atoms with Gasteiger partial charge in [0.15, 0.2) is 11.5 Å². The Morgan fingerprint density at radius 2 is 1.81 bits per heavy atom. The van der Waals surface area contributed by atoms with E-state index in [0.29, 0.717) is 11.4 Å². The molecule has 2 heterocycles. The monoisotopic (exact) mass is 366 g/mol. The highest BCUT2D eigenvalue weighted by Gasteiger charge is 2.23. The van der Waals surface area contributed by atoms with Crippen molar-refractivity contribution in [3.63, 3.8) is 0 Å². The van der Waals surface area contributed by atoms with E-state index in [9.17, 15) is 0 Å². The Bertz CT molecular complexity index is 405. The number of halogens is 1. The first-order valence-corrected chi connectivity index (χ1v) is 8.34. The molecule has 0 unspecified atom stereocenters. The maximum Gasteiger partial charge on any atom is 0.231 e. The van der Waals surface area contributed by atoms with Gasteiger partial charge in [-0.15, -0.1) is 23.5 Å². The molecule has 0 amide bonds. The Balaban J connectivity index is 1.94. The number of fused-ring (bicyclic) bond motifs is 1. The van der Waals surface area contributed by atoms with E-state index in [-0.39, 0.29) is 0 Å². The summed E-state index contributed by atoms with van der Waals surface area (Å²) in [7, 11) is 0. The maximum absolute atomic E-state index is 5.44. The maximum atomic E-state index is 5.44. The van der Waals surface area contributed by atoms with Crippen molar-refractivity contribution in [3.05, 3.63) is 21.3 Å². The second kappa shape index (κ2) is 4.86. The summed E-state index contributed by atoms with van der Waals surface area (Å²) in [5, 5.41) is 0. The lowest BCUT2D eigenvalue weighted by molar-refractivity contribution is 0.174. The van der Waals surface area contributed by atoms with Crippen molar-refractivity contribution in [1.29, 1.82) is 0 Å². The first kappa shape index (κ1) is 11.3. The van der Waals surface area contributed by atoms with Crippen LogP contribution in [0.5, 0.6) is 11.5 Å². The molecule has 2 aliphatic rings. The summed E-state index contributed by atoms with van der Waals surface area (Å²) in [4.78, 5) is 0. The number of hydrogen-bond donors (Lipinski definition) is 0. The highest BCUT2D eigenvalue weighted by molar-refractivity contribution is 14.1. The second-order valence-corrected chi connectivity index (χ2v) is 7.54. The molecule has 0 saturated carbocycles. The van der Waals surface area contributed by atoms with Crippen molar-refractivity contribution in [2.45, 2.75) is 11.0 Å². The lowest BCUT2D eigenvalue weighted by Crippen LogP contribution is -2.02. The first-order chi connectivity index (χ1) is 7.84. The van der Waals surface area contributed by atoms with Crippen molar-refractivity contribution < 1.29 is 9.47 Å². The average molecular weight is 366 g/mol. The Hall–Kier alpha value is 0.250. The summed E-state index contributed by atoms with van der Waals surface area (Å²) in [6.07, 6.45) is 1.33. The van der Waals surface area contributed by atoms with Gasteiger partial charge in [-0.05, 0) is 58.2 Å². The van der Waals surface area contributed by atoms with Crippen molar-refractivity contribution in [1.82, 2.24) is 0 Å². The molecule has 5 heteroatoms. The van der Waals surface area contributed by atoms with Gasteiger partial charge < -0.3 is 9.47 Å². The van der Waals surface area contributed by atoms with Crippen LogP contribution < -0.4 is 9.47 Å². The van der Waals surface area contributed by atoms with Crippen LogP contribution in [-0.2, 0) is 0 Å². The molecule has 2 aliphatic heterocycles. The second-order valence-electron chi connectivity index (χ2n) is 3.65. The van der Waals surface area contributed by atoms with Gasteiger partial charge in [0.25, 0.3) is 0 Å². The fourth-order valence-corrected chi connectivity index (χ4v) is 5.90. The van der Waals surface area contributed by atoms with E-state index >= 15 is 0 Å². The molecule has 0 bridgehead atoms. The molecule has 1 aromatic rings. The van der Waals surface area contributed by atoms with Gasteiger partial charge in [-0.3, -0.25) is 0 Å². The largest absolute Gasteiger partial charge is 0.454 e. The third kappa shape index (κ3) is 2.13. The van der Waals surface area contributed by atoms with Crippen LogP contribution in [0.4, 0.5) is 0 Å². The molecule has 3 rings (SSSR count). The highest BCUT2D eigenvalue weighted by atomic mass is 127. The lowest BCUT2D eigenvalue weighted by atomic mass is 10.2. The number of ether oxygens (including phenoxy) is 2. The van der Waals surface area contributed by atoms with E-state index in [1.54, 1.807) is 0 Å². The molecular weight excluding hydrogens is 355 g/mol. The van der Waals surface area contributed by atoms with Crippen LogP contribution in [0, 0.1) is 3.57 Å². The van der Waals surface area contributed by atoms with E-state index in [0.717, 1.165) is 11.5 Å². The molecule has 1 fully saturated rings. The molecule has 2 nitrogen and oxygen atoms in total. The third-order valence-electron chi connectivity index (χ3n) is 2.57. The molecule has 0 spiro atoms. The van der Waals surface area contributed by atoms with Crippen LogP contribution in [0.25, 0.3) is 0 Å². The minimum atomic E-state index is 0.361. The van der Waals surface area contributed by atoms with Crippen molar-refractivity contribution in [2.24, 2.45) is 0 Å². The quantitative estimate of drug-likeness (QED) is 0.702. The van der Waals surface area contributed by atoms with Crippen molar-refractivity contribution in [2.75, 3.05) is 18.3 Å². The normalized spacial score (nSPS) is 20.1. The molecular formula is C11H11IO2S2. The zero-order chi connectivity index (χ0) is 11.0. The van der Waals surface area contributed by atoms with Gasteiger partial charge >= 0.3 is 0 Å². The number of hydrogen-bond acceptors (Lipinski definition) is 4. The zero-order valence-corrected chi connectivity index (χ0v) is 12.4. The van der Waals surface area contributed by atoms with Crippen molar-refractivity contribution in [3.8, 4) is 11.5 Å². The van der Waals surface area contributed by atoms with Gasteiger partial charge in [0.2, 0.25) is 6.79 Å². The summed E-state index contributed by atoms with van der Waals surface area (Å²) < 4.78 is 12.7. The van der Waals surface area contributed by atoms with Gasteiger partial charge in [-0.25, -0.2) is 0 Å². The third-order valence-corrected chi connectivity index (χ3v) is 6.49. The van der Waals surface area contributed by atoms with E-state index in [2.05, 4.69) is 34.7 Å². The van der Waals surface area contributed by atoms with E-state index in [4.69, 9.17) is 9.47 Å². The SMILES string of the molecule is Ic1cc2c(cc1C1SCCCS1)OCO2. The molecule has 0 aliphatic carbocycles. The van der Waals surface area contributed by atoms with Gasteiger partial charge in [0.1, 0.15) is 0 Å². The lowest BCUT2D eigenvalue weighted by Gasteiger charge is -2.22. The van der Waals surface area contributed by atoms with Crippen LogP contribution >= 0.6 is 46.1 Å². The van der Waals surface area contributed by atoms with Crippen LogP contribution in [0.15, 0.2) is 12.1 Å². The fourth-order valence-electron chi connectivity index (χ4n) is 1.78. The summed E-state index contributed by atoms with van der Waals surface area (Å²) in [6.45, 7) is 0.361. The molecule has 0 aromatic heterocycles. The Morgan fingerprint density at radius 1 is 1.12 bits per heavy atom. The van der Waals surface area contributed by atoms with Crippen LogP contribution in [0.1, 0.15) is 16.6 Å². The predicted octanol–water partition coefficient (Wildman–Crippen LogP) is 3.89. The minimum absolute atomic E-state index is 0.361. The van der Waals surface area contributed by atoms with Gasteiger partial charge in [0.05, 0.1) is 4.58 Å². The Labute approximate surface area is 117 Å². The highest BCUT2D eigenvalue weighted by Crippen LogP contribution is 2.48. The molecule has 0 N–H and O–H groups in total. The summed E-state index contributed by atoms with van der Waals surface area (Å²) in [5.41, 5.74) is 1.39. The fraction of sp³-hybridized carbons (Fsp3) is 0.455. The predicted molar refractivity (Wildman–Crippen MR) is 77.6 cm³/mol. The van der Waals surface area contributed by atoms with E-state index < -0.39 is 0 Å². The molecule has 0 atom stereocenters. The van der Waals surface area contributed by atoms with Crippen LogP contribution in [0.3, 0.4) is 0 Å². The first-order valence-electron chi connectivity index (χ1n) is 5.17. The molecule has 1 saturated heterocycles. The van der Waals surface area contributed by atoms with Gasteiger partial charge in [-0.2, -0.15) is 0 Å². The van der Waals surface area contributed by atoms with Gasteiger partial charge in [-0.1, -0.05) is 0 Å². The van der Waals surface area contributed by atoms with Crippen LogP contribution in [-0.4, -0.2) is 18.3 Å². The number of thioether (sulfide) groups is 2. The summed E-state index contributed by atoms with van der Waals surface area (Å²) >= 11 is 6.47. The number of benzene rings is 1. The standard InChI is InChI=1S/C11H11IO2S2/c12-8-5-10-9(13-6-14-10)4-7(8)11-15-2-1-3-16-11/h4-5,11H,1-3,6H2. The smallest absolute Gasteiger partial charge is 0.231 e. The average Bonchev–Trinajstić information content (AvgIpc) is 2.76. The molecule has 0 radical (unpaired) electrons. The van der Waals surface area contributed by atoms with Crippen molar-refractivity contribution >= 4 is 46.1 Å². The van der Waals surface area contributed by atoms with E-state index in [1.807, 2.05) is 23.5 Å². The van der Waals surface area contributed by atoms with E-state index in [1.165, 1.54) is 27.1 Å². The van der Waals surface area contributed by atoms with Crippen LogP contribution in [0.2, 0.25) is 0 Å². The molecule has 16 heavy (non-hydrogen) atoms.